The van der Waals surface area contributed by atoms with Gasteiger partial charge in [0, 0.05) is 12.1 Å². The van der Waals surface area contributed by atoms with Crippen molar-refractivity contribution in [2.75, 3.05) is 11.9 Å². The smallest absolute Gasteiger partial charge is 0.163 e. The maximum atomic E-state index is 13.1. The zero-order valence-corrected chi connectivity index (χ0v) is 13.4. The Balaban J connectivity index is 2.56. The Morgan fingerprint density at radius 3 is 2.74 bits per heavy atom. The Morgan fingerprint density at radius 2 is 2.11 bits per heavy atom. The lowest BCUT2D eigenvalue weighted by atomic mass is 10.2. The Labute approximate surface area is 129 Å². The number of nitrogens with one attached hydrogen (secondary N) is 1. The predicted octanol–water partition coefficient (Wildman–Crippen LogP) is 4.28. The van der Waals surface area contributed by atoms with Gasteiger partial charge in [0.05, 0.1) is 14.3 Å². The molecule has 6 heteroatoms. The van der Waals surface area contributed by atoms with Crippen molar-refractivity contribution in [3.63, 3.8) is 0 Å². The van der Waals surface area contributed by atoms with Gasteiger partial charge in [-0.15, -0.1) is 0 Å². The first kappa shape index (κ1) is 14.5. The molecule has 3 nitrogen and oxygen atoms in total. The molecular weight excluding hydrogens is 380 g/mol. The first-order chi connectivity index (χ1) is 9.02. The Kier molecular flexibility index (Phi) is 4.57. The molecule has 0 amide bonds. The zero-order valence-electron chi connectivity index (χ0n) is 10.5. The van der Waals surface area contributed by atoms with E-state index in [1.807, 2.05) is 13.8 Å². The van der Waals surface area contributed by atoms with E-state index >= 15 is 0 Å². The van der Waals surface area contributed by atoms with Gasteiger partial charge in [-0.05, 0) is 54.6 Å². The molecule has 0 saturated heterocycles. The van der Waals surface area contributed by atoms with Crippen molar-refractivity contribution in [2.45, 2.75) is 13.8 Å². The third-order valence-electron chi connectivity index (χ3n) is 2.53. The van der Waals surface area contributed by atoms with Crippen LogP contribution in [0.5, 0.6) is 0 Å². The van der Waals surface area contributed by atoms with E-state index < -0.39 is 0 Å². The van der Waals surface area contributed by atoms with Gasteiger partial charge in [-0.25, -0.2) is 14.4 Å². The fourth-order valence-electron chi connectivity index (χ4n) is 1.64. The zero-order chi connectivity index (χ0) is 14.0. The summed E-state index contributed by atoms with van der Waals surface area (Å²) in [7, 11) is 0. The maximum absolute atomic E-state index is 13.1. The lowest BCUT2D eigenvalue weighted by Crippen LogP contribution is -2.06. The number of nitrogens with zero attached hydrogens (tertiary/aromatic N) is 2. The number of hydrogen-bond donors (Lipinski definition) is 1. The van der Waals surface area contributed by atoms with Crippen molar-refractivity contribution in [1.82, 2.24) is 9.97 Å². The van der Waals surface area contributed by atoms with Gasteiger partial charge in [-0.2, -0.15) is 0 Å². The fourth-order valence-corrected chi connectivity index (χ4v) is 2.32. The van der Waals surface area contributed by atoms with Gasteiger partial charge in [0.1, 0.15) is 11.6 Å². The standard InChI is InChI=1S/C13H12ClFIN3/c1-3-17-13-11(16)7(2)18-12(19-13)9-5-4-8(15)6-10(9)14/h4-6H,3H2,1-2H3,(H,17,18,19). The molecule has 0 aliphatic rings. The van der Waals surface area contributed by atoms with Gasteiger partial charge in [-0.1, -0.05) is 11.6 Å². The van der Waals surface area contributed by atoms with Crippen molar-refractivity contribution in [3.8, 4) is 11.4 Å². The average molecular weight is 392 g/mol. The van der Waals surface area contributed by atoms with Crippen LogP contribution in [-0.2, 0) is 0 Å². The number of halogens is 3. The molecule has 1 N–H and O–H groups in total. The largest absolute Gasteiger partial charge is 0.369 e. The predicted molar refractivity (Wildman–Crippen MR) is 84.1 cm³/mol. The summed E-state index contributed by atoms with van der Waals surface area (Å²) in [5, 5.41) is 3.49. The molecule has 2 rings (SSSR count). The monoisotopic (exact) mass is 391 g/mol. The molecule has 0 saturated carbocycles. The fraction of sp³-hybridized carbons (Fsp3) is 0.231. The van der Waals surface area contributed by atoms with E-state index in [0.717, 1.165) is 21.6 Å². The highest BCUT2D eigenvalue weighted by molar-refractivity contribution is 14.1. The molecule has 0 aliphatic carbocycles. The number of benzene rings is 1. The van der Waals surface area contributed by atoms with E-state index in [-0.39, 0.29) is 5.82 Å². The normalized spacial score (nSPS) is 10.6. The lowest BCUT2D eigenvalue weighted by molar-refractivity contribution is 0.628. The van der Waals surface area contributed by atoms with Crippen molar-refractivity contribution >= 4 is 40.0 Å². The summed E-state index contributed by atoms with van der Waals surface area (Å²) in [4.78, 5) is 8.86. The molecule has 1 aromatic heterocycles. The van der Waals surface area contributed by atoms with Crippen LogP contribution < -0.4 is 5.32 Å². The molecular formula is C13H12ClFIN3. The van der Waals surface area contributed by atoms with Crippen LogP contribution in [0.4, 0.5) is 10.2 Å². The summed E-state index contributed by atoms with van der Waals surface area (Å²) < 4.78 is 14.0. The van der Waals surface area contributed by atoms with Crippen LogP contribution in [0.2, 0.25) is 5.02 Å². The molecule has 1 aromatic carbocycles. The van der Waals surface area contributed by atoms with Crippen LogP contribution in [0, 0.1) is 16.3 Å². The Hall–Kier alpha value is -0.950. The highest BCUT2D eigenvalue weighted by atomic mass is 127. The minimum Gasteiger partial charge on any atom is -0.369 e. The van der Waals surface area contributed by atoms with Crippen LogP contribution in [0.25, 0.3) is 11.4 Å². The van der Waals surface area contributed by atoms with Gasteiger partial charge >= 0.3 is 0 Å². The molecule has 100 valence electrons. The van der Waals surface area contributed by atoms with E-state index in [1.54, 1.807) is 6.07 Å². The van der Waals surface area contributed by atoms with Crippen LogP contribution in [0.1, 0.15) is 12.6 Å². The first-order valence-corrected chi connectivity index (χ1v) is 7.22. The summed E-state index contributed by atoms with van der Waals surface area (Å²) in [6, 6.07) is 4.21. The van der Waals surface area contributed by atoms with E-state index in [1.165, 1.54) is 12.1 Å². The van der Waals surface area contributed by atoms with Gasteiger partial charge in [0.2, 0.25) is 0 Å². The summed E-state index contributed by atoms with van der Waals surface area (Å²) in [6.07, 6.45) is 0. The van der Waals surface area contributed by atoms with E-state index in [9.17, 15) is 4.39 Å². The van der Waals surface area contributed by atoms with Crippen molar-refractivity contribution in [3.05, 3.63) is 38.3 Å². The lowest BCUT2D eigenvalue weighted by Gasteiger charge is -2.11. The molecule has 2 aromatic rings. The van der Waals surface area contributed by atoms with Crippen molar-refractivity contribution in [2.24, 2.45) is 0 Å². The van der Waals surface area contributed by atoms with Gasteiger partial charge in [-0.3, -0.25) is 0 Å². The summed E-state index contributed by atoms with van der Waals surface area (Å²) in [6.45, 7) is 4.67. The molecule has 0 radical (unpaired) electrons. The van der Waals surface area contributed by atoms with Crippen LogP contribution in [0.15, 0.2) is 18.2 Å². The molecule has 0 unspecified atom stereocenters. The van der Waals surface area contributed by atoms with Crippen LogP contribution in [0.3, 0.4) is 0 Å². The third-order valence-corrected chi connectivity index (χ3v) is 4.14. The third kappa shape index (κ3) is 3.14. The number of anilines is 1. The molecule has 0 atom stereocenters. The van der Waals surface area contributed by atoms with Crippen molar-refractivity contribution in [1.29, 1.82) is 0 Å². The highest BCUT2D eigenvalue weighted by Gasteiger charge is 2.13. The molecule has 19 heavy (non-hydrogen) atoms. The van der Waals surface area contributed by atoms with E-state index in [2.05, 4.69) is 37.9 Å². The summed E-state index contributed by atoms with van der Waals surface area (Å²) in [5.74, 6) is 0.896. The number of hydrogen-bond acceptors (Lipinski definition) is 3. The number of rotatable bonds is 3. The second-order valence-electron chi connectivity index (χ2n) is 3.95. The molecule has 0 spiro atoms. The minimum atomic E-state index is -0.372. The highest BCUT2D eigenvalue weighted by Crippen LogP contribution is 2.29. The van der Waals surface area contributed by atoms with Crippen LogP contribution >= 0.6 is 34.2 Å². The van der Waals surface area contributed by atoms with Crippen LogP contribution in [-0.4, -0.2) is 16.5 Å². The van der Waals surface area contributed by atoms with Gasteiger partial charge in [0.25, 0.3) is 0 Å². The molecule has 1 heterocycles. The summed E-state index contributed by atoms with van der Waals surface area (Å²) in [5.41, 5.74) is 1.49. The quantitative estimate of drug-likeness (QED) is 0.794. The molecule has 0 fully saturated rings. The van der Waals surface area contributed by atoms with Crippen molar-refractivity contribution < 1.29 is 4.39 Å². The number of aromatic nitrogens is 2. The molecule has 0 aliphatic heterocycles. The van der Waals surface area contributed by atoms with E-state index in [4.69, 9.17) is 11.6 Å². The van der Waals surface area contributed by atoms with Gasteiger partial charge in [0.15, 0.2) is 5.82 Å². The maximum Gasteiger partial charge on any atom is 0.163 e. The molecule has 0 bridgehead atoms. The number of aryl methyl sites for hydroxylation is 1. The topological polar surface area (TPSA) is 37.8 Å². The minimum absolute atomic E-state index is 0.308. The second kappa shape index (κ2) is 6.00. The van der Waals surface area contributed by atoms with E-state index in [0.29, 0.717) is 16.4 Å². The Morgan fingerprint density at radius 1 is 1.37 bits per heavy atom. The second-order valence-corrected chi connectivity index (χ2v) is 5.44. The SMILES string of the molecule is CCNc1nc(-c2ccc(F)cc2Cl)nc(C)c1I. The first-order valence-electron chi connectivity index (χ1n) is 5.76. The van der Waals surface area contributed by atoms with Gasteiger partial charge < -0.3 is 5.32 Å². The Bertz CT molecular complexity index is 619. The average Bonchev–Trinajstić information content (AvgIpc) is 2.35. The summed E-state index contributed by atoms with van der Waals surface area (Å²) >= 11 is 8.24.